The second-order valence-electron chi connectivity index (χ2n) is 6.19. The predicted octanol–water partition coefficient (Wildman–Crippen LogP) is 4.93. The molecule has 4 aromatic rings. The summed E-state index contributed by atoms with van der Waals surface area (Å²) in [5.41, 5.74) is 3.13. The number of hydrogen-bond acceptors (Lipinski definition) is 7. The summed E-state index contributed by atoms with van der Waals surface area (Å²) in [6, 6.07) is 15.8. The lowest BCUT2D eigenvalue weighted by atomic mass is 10.1. The maximum Gasteiger partial charge on any atom is 0.296 e. The molecule has 1 N–H and O–H groups in total. The van der Waals surface area contributed by atoms with Crippen LogP contribution < -0.4 is 5.32 Å². The van der Waals surface area contributed by atoms with Gasteiger partial charge in [0.1, 0.15) is 5.69 Å². The molecule has 29 heavy (non-hydrogen) atoms. The molecule has 0 unspecified atom stereocenters. The van der Waals surface area contributed by atoms with Gasteiger partial charge in [-0.1, -0.05) is 47.6 Å². The predicted molar refractivity (Wildman–Crippen MR) is 109 cm³/mol. The average molecular weight is 406 g/mol. The Bertz CT molecular complexity index is 1200. The zero-order chi connectivity index (χ0) is 20.4. The summed E-state index contributed by atoms with van der Waals surface area (Å²) < 4.78 is 5.14. The van der Waals surface area contributed by atoms with E-state index in [1.807, 2.05) is 30.3 Å². The van der Waals surface area contributed by atoms with E-state index in [0.717, 1.165) is 5.56 Å². The van der Waals surface area contributed by atoms with Gasteiger partial charge in [-0.2, -0.15) is 0 Å². The number of anilines is 1. The molecule has 0 spiro atoms. The highest BCUT2D eigenvalue weighted by atomic mass is 32.1. The normalized spacial score (nSPS) is 10.7. The third-order valence-electron chi connectivity index (χ3n) is 4.23. The summed E-state index contributed by atoms with van der Waals surface area (Å²) in [5.74, 6) is -0.415. The molecule has 2 aromatic heterocycles. The first-order chi connectivity index (χ1) is 14.0. The zero-order valence-electron chi connectivity index (χ0n) is 15.2. The van der Waals surface area contributed by atoms with Crippen LogP contribution in [-0.2, 0) is 0 Å². The molecular formula is C20H14N4O4S. The van der Waals surface area contributed by atoms with Crippen LogP contribution in [-0.4, -0.2) is 21.0 Å². The second kappa shape index (κ2) is 7.64. The number of rotatable bonds is 5. The third kappa shape index (κ3) is 3.90. The van der Waals surface area contributed by atoms with Gasteiger partial charge in [0.15, 0.2) is 5.13 Å². The Balaban J connectivity index is 1.51. The Labute approximate surface area is 169 Å². The lowest BCUT2D eigenvalue weighted by molar-refractivity contribution is -0.385. The quantitative estimate of drug-likeness (QED) is 0.371. The van der Waals surface area contributed by atoms with Gasteiger partial charge < -0.3 is 4.52 Å². The molecule has 4 rings (SSSR count). The molecule has 0 bridgehead atoms. The van der Waals surface area contributed by atoms with Crippen LogP contribution in [0, 0.1) is 17.0 Å². The van der Waals surface area contributed by atoms with Crippen molar-refractivity contribution < 1.29 is 14.2 Å². The van der Waals surface area contributed by atoms with Crippen LogP contribution in [0.1, 0.15) is 16.1 Å². The van der Waals surface area contributed by atoms with E-state index < -0.39 is 10.8 Å². The largest absolute Gasteiger partial charge is 0.350 e. The number of nitrogens with zero attached hydrogens (tertiary/aromatic N) is 3. The molecule has 1 amide bonds. The average Bonchev–Trinajstić information content (AvgIpc) is 3.39. The maximum atomic E-state index is 12.4. The van der Waals surface area contributed by atoms with Gasteiger partial charge in [0.25, 0.3) is 11.6 Å². The number of nitro benzene ring substituents is 1. The molecule has 0 fully saturated rings. The van der Waals surface area contributed by atoms with Gasteiger partial charge in [-0.05, 0) is 6.92 Å². The van der Waals surface area contributed by atoms with E-state index in [1.54, 1.807) is 30.5 Å². The number of carbonyl (C=O) groups is 1. The van der Waals surface area contributed by atoms with E-state index in [0.29, 0.717) is 27.6 Å². The molecule has 0 radical (unpaired) electrons. The van der Waals surface area contributed by atoms with Crippen LogP contribution in [0.2, 0.25) is 0 Å². The standard InChI is InChI=1S/C20H14N4O4S/c1-12-7-8-14(9-17(12)24(26)27)16-11-29-20(21-16)22-19(25)18-10-15(23-28-18)13-5-3-2-4-6-13/h2-11H,1H3,(H,21,22,25). The molecule has 0 aliphatic heterocycles. The number of thiazole rings is 1. The molecule has 0 aliphatic rings. The topological polar surface area (TPSA) is 111 Å². The summed E-state index contributed by atoms with van der Waals surface area (Å²) in [6.07, 6.45) is 0. The van der Waals surface area contributed by atoms with Crippen LogP contribution in [0.15, 0.2) is 64.5 Å². The highest BCUT2D eigenvalue weighted by Gasteiger charge is 2.17. The Kier molecular flexibility index (Phi) is 4.88. The second-order valence-corrected chi connectivity index (χ2v) is 7.05. The number of aryl methyl sites for hydroxylation is 1. The number of nitrogens with one attached hydrogen (secondary N) is 1. The van der Waals surface area contributed by atoms with Crippen molar-refractivity contribution in [1.29, 1.82) is 0 Å². The van der Waals surface area contributed by atoms with E-state index in [9.17, 15) is 14.9 Å². The Hall–Kier alpha value is -3.85. The van der Waals surface area contributed by atoms with Crippen molar-refractivity contribution in [2.24, 2.45) is 0 Å². The summed E-state index contributed by atoms with van der Waals surface area (Å²) in [4.78, 5) is 27.5. The van der Waals surface area contributed by atoms with Crippen LogP contribution in [0.4, 0.5) is 10.8 Å². The minimum atomic E-state index is -0.476. The fourth-order valence-corrected chi connectivity index (χ4v) is 3.43. The van der Waals surface area contributed by atoms with Crippen molar-refractivity contribution in [2.75, 3.05) is 5.32 Å². The van der Waals surface area contributed by atoms with Crippen molar-refractivity contribution >= 4 is 28.1 Å². The molecule has 0 atom stereocenters. The SMILES string of the molecule is Cc1ccc(-c2csc(NC(=O)c3cc(-c4ccccc4)no3)n2)cc1[N+](=O)[O-]. The smallest absolute Gasteiger partial charge is 0.296 e. The molecule has 2 aromatic carbocycles. The van der Waals surface area contributed by atoms with E-state index in [1.165, 1.54) is 17.4 Å². The Morgan fingerprint density at radius 2 is 1.90 bits per heavy atom. The number of nitro groups is 1. The van der Waals surface area contributed by atoms with E-state index in [4.69, 9.17) is 4.52 Å². The van der Waals surface area contributed by atoms with Crippen LogP contribution in [0.25, 0.3) is 22.5 Å². The monoisotopic (exact) mass is 406 g/mol. The number of carbonyl (C=O) groups excluding carboxylic acids is 1. The molecule has 9 heteroatoms. The molecule has 2 heterocycles. The Morgan fingerprint density at radius 1 is 1.10 bits per heavy atom. The fourth-order valence-electron chi connectivity index (χ4n) is 2.72. The maximum absolute atomic E-state index is 12.4. The first-order valence-electron chi connectivity index (χ1n) is 8.55. The van der Waals surface area contributed by atoms with Gasteiger partial charge in [0, 0.05) is 34.2 Å². The van der Waals surface area contributed by atoms with Crippen molar-refractivity contribution in [3.63, 3.8) is 0 Å². The summed E-state index contributed by atoms with van der Waals surface area (Å²) >= 11 is 1.21. The summed E-state index contributed by atoms with van der Waals surface area (Å²) in [6.45, 7) is 1.68. The van der Waals surface area contributed by atoms with E-state index in [-0.39, 0.29) is 11.4 Å². The summed E-state index contributed by atoms with van der Waals surface area (Å²) in [7, 11) is 0. The molecule has 144 valence electrons. The fraction of sp³-hybridized carbons (Fsp3) is 0.0500. The van der Waals surface area contributed by atoms with Crippen LogP contribution >= 0.6 is 11.3 Å². The zero-order valence-corrected chi connectivity index (χ0v) is 16.0. The minimum Gasteiger partial charge on any atom is -0.350 e. The highest BCUT2D eigenvalue weighted by Crippen LogP contribution is 2.29. The lowest BCUT2D eigenvalue weighted by Crippen LogP contribution is -2.10. The lowest BCUT2D eigenvalue weighted by Gasteiger charge is -2.00. The molecule has 0 aliphatic carbocycles. The van der Waals surface area contributed by atoms with Crippen molar-refractivity contribution in [3.8, 4) is 22.5 Å². The molecule has 0 saturated heterocycles. The van der Waals surface area contributed by atoms with Gasteiger partial charge in [0.05, 0.1) is 10.6 Å². The third-order valence-corrected chi connectivity index (χ3v) is 4.99. The van der Waals surface area contributed by atoms with Gasteiger partial charge >= 0.3 is 0 Å². The minimum absolute atomic E-state index is 0.0242. The molecule has 8 nitrogen and oxygen atoms in total. The number of amides is 1. The highest BCUT2D eigenvalue weighted by molar-refractivity contribution is 7.14. The summed E-state index contributed by atoms with van der Waals surface area (Å²) in [5, 5.41) is 19.8. The van der Waals surface area contributed by atoms with Gasteiger partial charge in [-0.25, -0.2) is 4.98 Å². The Morgan fingerprint density at radius 3 is 2.66 bits per heavy atom. The van der Waals surface area contributed by atoms with Crippen LogP contribution in [0.3, 0.4) is 0 Å². The van der Waals surface area contributed by atoms with Crippen LogP contribution in [0.5, 0.6) is 0 Å². The number of hydrogen-bond donors (Lipinski definition) is 1. The van der Waals surface area contributed by atoms with Gasteiger partial charge in [-0.15, -0.1) is 11.3 Å². The first-order valence-corrected chi connectivity index (χ1v) is 9.43. The van der Waals surface area contributed by atoms with Gasteiger partial charge in [0.2, 0.25) is 5.76 Å². The van der Waals surface area contributed by atoms with Crippen molar-refractivity contribution in [3.05, 3.63) is 81.4 Å². The molecule has 0 saturated carbocycles. The molecular weight excluding hydrogens is 392 g/mol. The number of aromatic nitrogens is 2. The first kappa shape index (κ1) is 18.5. The van der Waals surface area contributed by atoms with E-state index in [2.05, 4.69) is 15.5 Å². The van der Waals surface area contributed by atoms with E-state index >= 15 is 0 Å². The number of benzene rings is 2. The van der Waals surface area contributed by atoms with Gasteiger partial charge in [-0.3, -0.25) is 20.2 Å². The van der Waals surface area contributed by atoms with Crippen molar-refractivity contribution in [2.45, 2.75) is 6.92 Å². The van der Waals surface area contributed by atoms with Crippen molar-refractivity contribution in [1.82, 2.24) is 10.1 Å².